The predicted molar refractivity (Wildman–Crippen MR) is 118 cm³/mol. The Morgan fingerprint density at radius 1 is 0.893 bits per heavy atom. The molecule has 0 amide bonds. The van der Waals surface area contributed by atoms with Crippen LogP contribution in [-0.4, -0.2) is 11.0 Å². The third-order valence-corrected chi connectivity index (χ3v) is 5.02. The fourth-order valence-electron chi connectivity index (χ4n) is 3.24. The number of hydrogen-bond donors (Lipinski definition) is 0. The first-order valence-corrected chi connectivity index (χ1v) is 11.5. The first kappa shape index (κ1) is 24.4. The molecule has 1 rings (SSSR count). The lowest BCUT2D eigenvalue weighted by molar-refractivity contribution is -0.145. The van der Waals surface area contributed by atoms with Gasteiger partial charge in [-0.1, -0.05) is 82.9 Å². The molecule has 0 aliphatic heterocycles. The van der Waals surface area contributed by atoms with Crippen molar-refractivity contribution in [1.82, 2.24) is 4.98 Å². The highest BCUT2D eigenvalue weighted by Crippen LogP contribution is 2.11. The average Bonchev–Trinajstić information content (AvgIpc) is 2.72. The molecule has 1 aromatic rings. The maximum atomic E-state index is 11.7. The maximum absolute atomic E-state index is 11.7. The number of ether oxygens (including phenoxy) is 1. The molecule has 0 aliphatic rings. The molecule has 28 heavy (non-hydrogen) atoms. The first-order chi connectivity index (χ1) is 13.8. The van der Waals surface area contributed by atoms with E-state index in [1.807, 2.05) is 12.1 Å². The number of aromatic nitrogens is 1. The summed E-state index contributed by atoms with van der Waals surface area (Å²) in [7, 11) is 0. The number of unbranched alkanes of at least 4 members (excludes halogenated alkanes) is 12. The monoisotopic (exact) mass is 387 g/mol. The molecule has 0 saturated heterocycles. The zero-order chi connectivity index (χ0) is 20.1. The average molecular weight is 388 g/mol. The molecular formula is C25H41NO2. The molecule has 3 nitrogen and oxygen atoms in total. The van der Waals surface area contributed by atoms with E-state index in [4.69, 9.17) is 4.74 Å². The van der Waals surface area contributed by atoms with Gasteiger partial charge in [-0.3, -0.25) is 9.78 Å². The van der Waals surface area contributed by atoms with Crippen LogP contribution in [0.5, 0.6) is 0 Å². The lowest BCUT2D eigenvalue weighted by Crippen LogP contribution is -2.04. The molecular weight excluding hydrogens is 346 g/mol. The zero-order valence-corrected chi connectivity index (χ0v) is 18.0. The molecule has 1 heterocycles. The summed E-state index contributed by atoms with van der Waals surface area (Å²) >= 11 is 0. The predicted octanol–water partition coefficient (Wildman–Crippen LogP) is 7.55. The number of pyridine rings is 1. The summed E-state index contributed by atoms with van der Waals surface area (Å²) in [5.41, 5.74) is 0.942. The summed E-state index contributed by atoms with van der Waals surface area (Å²) in [4.78, 5) is 15.7. The van der Waals surface area contributed by atoms with Crippen molar-refractivity contribution < 1.29 is 9.53 Å². The Kier molecular flexibility index (Phi) is 16.3. The van der Waals surface area contributed by atoms with Gasteiger partial charge in [0.25, 0.3) is 0 Å². The maximum Gasteiger partial charge on any atom is 0.306 e. The van der Waals surface area contributed by atoms with Crippen LogP contribution in [0.4, 0.5) is 0 Å². The molecule has 158 valence electrons. The second-order valence-electron chi connectivity index (χ2n) is 7.71. The van der Waals surface area contributed by atoms with E-state index in [1.54, 1.807) is 12.4 Å². The van der Waals surface area contributed by atoms with Gasteiger partial charge in [-0.15, -0.1) is 0 Å². The largest absolute Gasteiger partial charge is 0.461 e. The van der Waals surface area contributed by atoms with Crippen LogP contribution >= 0.6 is 0 Å². The van der Waals surface area contributed by atoms with Crippen molar-refractivity contribution in [1.29, 1.82) is 0 Å². The fourth-order valence-corrected chi connectivity index (χ4v) is 3.24. The third kappa shape index (κ3) is 15.4. The Labute approximate surface area is 173 Å². The Morgan fingerprint density at radius 2 is 1.50 bits per heavy atom. The van der Waals surface area contributed by atoms with Gasteiger partial charge in [0, 0.05) is 24.4 Å². The van der Waals surface area contributed by atoms with Crippen molar-refractivity contribution in [3.63, 3.8) is 0 Å². The minimum Gasteiger partial charge on any atom is -0.461 e. The highest BCUT2D eigenvalue weighted by atomic mass is 16.5. The van der Waals surface area contributed by atoms with Gasteiger partial charge in [0.05, 0.1) is 0 Å². The van der Waals surface area contributed by atoms with Crippen LogP contribution in [0.3, 0.4) is 0 Å². The zero-order valence-electron chi connectivity index (χ0n) is 18.0. The summed E-state index contributed by atoms with van der Waals surface area (Å²) in [6, 6.07) is 3.78. The molecule has 0 atom stereocenters. The quantitative estimate of drug-likeness (QED) is 0.148. The van der Waals surface area contributed by atoms with Crippen molar-refractivity contribution in [3.8, 4) is 0 Å². The second kappa shape index (κ2) is 18.7. The van der Waals surface area contributed by atoms with Gasteiger partial charge in [0.15, 0.2) is 0 Å². The normalized spacial score (nSPS) is 11.2. The van der Waals surface area contributed by atoms with Crippen molar-refractivity contribution in [2.45, 2.75) is 110 Å². The SMILES string of the molecule is CCCCCCC/C=C\CCCCCCCCCC(=O)OCc1cccnc1. The van der Waals surface area contributed by atoms with Crippen LogP contribution in [0.15, 0.2) is 36.7 Å². The molecule has 0 aliphatic carbocycles. The second-order valence-corrected chi connectivity index (χ2v) is 7.71. The van der Waals surface area contributed by atoms with E-state index in [9.17, 15) is 4.79 Å². The van der Waals surface area contributed by atoms with Crippen molar-refractivity contribution in [2.75, 3.05) is 0 Å². The van der Waals surface area contributed by atoms with Crippen LogP contribution in [0.2, 0.25) is 0 Å². The van der Waals surface area contributed by atoms with Crippen molar-refractivity contribution >= 4 is 5.97 Å². The minimum atomic E-state index is -0.0963. The molecule has 1 aromatic heterocycles. The number of rotatable bonds is 18. The number of carbonyl (C=O) groups is 1. The number of allylic oxidation sites excluding steroid dienone is 2. The molecule has 0 aromatic carbocycles. The van der Waals surface area contributed by atoms with Crippen LogP contribution in [0.1, 0.15) is 109 Å². The van der Waals surface area contributed by atoms with E-state index in [1.165, 1.54) is 77.0 Å². The lowest BCUT2D eigenvalue weighted by atomic mass is 10.1. The fraction of sp³-hybridized carbons (Fsp3) is 0.680. The van der Waals surface area contributed by atoms with E-state index in [0.717, 1.165) is 18.4 Å². The molecule has 0 bridgehead atoms. The summed E-state index contributed by atoms with van der Waals surface area (Å²) in [6.45, 7) is 2.60. The van der Waals surface area contributed by atoms with Crippen LogP contribution in [0, 0.1) is 0 Å². The number of hydrogen-bond acceptors (Lipinski definition) is 3. The molecule has 0 fully saturated rings. The van der Waals surface area contributed by atoms with Gasteiger partial charge in [0.1, 0.15) is 6.61 Å². The highest BCUT2D eigenvalue weighted by Gasteiger charge is 2.03. The first-order valence-electron chi connectivity index (χ1n) is 11.5. The van der Waals surface area contributed by atoms with E-state index in [2.05, 4.69) is 24.1 Å². The van der Waals surface area contributed by atoms with Gasteiger partial charge < -0.3 is 4.74 Å². The van der Waals surface area contributed by atoms with Gasteiger partial charge in [-0.25, -0.2) is 0 Å². The van der Waals surface area contributed by atoms with Gasteiger partial charge in [-0.2, -0.15) is 0 Å². The van der Waals surface area contributed by atoms with Crippen LogP contribution in [0.25, 0.3) is 0 Å². The standard InChI is InChI=1S/C25H41NO2/c1-2-3-4-5-6-7-8-9-10-11-12-13-14-15-16-17-20-25(27)28-23-24-19-18-21-26-22-24/h8-9,18-19,21-22H,2-7,10-17,20,23H2,1H3/b9-8-. The van der Waals surface area contributed by atoms with Gasteiger partial charge >= 0.3 is 5.97 Å². The van der Waals surface area contributed by atoms with Crippen LogP contribution < -0.4 is 0 Å². The molecule has 0 radical (unpaired) electrons. The highest BCUT2D eigenvalue weighted by molar-refractivity contribution is 5.69. The molecule has 0 N–H and O–H groups in total. The topological polar surface area (TPSA) is 39.2 Å². The Hall–Kier alpha value is -1.64. The van der Waals surface area contributed by atoms with E-state index in [0.29, 0.717) is 13.0 Å². The summed E-state index contributed by atoms with van der Waals surface area (Å²) in [6.07, 6.45) is 26.6. The molecule has 0 unspecified atom stereocenters. The molecule has 3 heteroatoms. The number of esters is 1. The summed E-state index contributed by atoms with van der Waals surface area (Å²) < 4.78 is 5.27. The molecule has 0 spiro atoms. The van der Waals surface area contributed by atoms with Crippen molar-refractivity contribution in [2.24, 2.45) is 0 Å². The van der Waals surface area contributed by atoms with Crippen LogP contribution in [-0.2, 0) is 16.1 Å². The Morgan fingerprint density at radius 3 is 2.11 bits per heavy atom. The minimum absolute atomic E-state index is 0.0963. The van der Waals surface area contributed by atoms with Crippen molar-refractivity contribution in [3.05, 3.63) is 42.2 Å². The number of carbonyl (C=O) groups excluding carboxylic acids is 1. The molecule has 0 saturated carbocycles. The smallest absolute Gasteiger partial charge is 0.306 e. The number of nitrogens with zero attached hydrogens (tertiary/aromatic N) is 1. The van der Waals surface area contributed by atoms with E-state index in [-0.39, 0.29) is 5.97 Å². The summed E-state index contributed by atoms with van der Waals surface area (Å²) in [5, 5.41) is 0. The lowest BCUT2D eigenvalue weighted by Gasteiger charge is -2.05. The Balaban J connectivity index is 1.79. The Bertz CT molecular complexity index is 499. The summed E-state index contributed by atoms with van der Waals surface area (Å²) in [5.74, 6) is -0.0963. The van der Waals surface area contributed by atoms with E-state index >= 15 is 0 Å². The van der Waals surface area contributed by atoms with Gasteiger partial charge in [-0.05, 0) is 38.2 Å². The van der Waals surface area contributed by atoms with Gasteiger partial charge in [0.2, 0.25) is 0 Å². The third-order valence-electron chi connectivity index (χ3n) is 5.02. The van der Waals surface area contributed by atoms with E-state index < -0.39 is 0 Å².